The number of aliphatic hydroxyl groups excluding tert-OH is 1. The number of carbonyl (C=O) groups is 1. The molecule has 1 atom stereocenters. The zero-order chi connectivity index (χ0) is 17.2. The first-order chi connectivity index (χ1) is 12.2. The smallest absolute Gasteiger partial charge is 0.274 e. The lowest BCUT2D eigenvalue weighted by atomic mass is 10.0. The van der Waals surface area contributed by atoms with Gasteiger partial charge in [-0.2, -0.15) is 5.10 Å². The summed E-state index contributed by atoms with van der Waals surface area (Å²) in [7, 11) is 0. The normalized spacial score (nSPS) is 16.0. The summed E-state index contributed by atoms with van der Waals surface area (Å²) in [5.41, 5.74) is 2.46. The molecule has 1 aromatic heterocycles. The Morgan fingerprint density at radius 2 is 2.00 bits per heavy atom. The molecular formula is C19H17N3O3. The predicted molar refractivity (Wildman–Crippen MR) is 93.0 cm³/mol. The van der Waals surface area contributed by atoms with Gasteiger partial charge in [0.05, 0.1) is 30.3 Å². The van der Waals surface area contributed by atoms with Crippen molar-refractivity contribution >= 4 is 11.6 Å². The van der Waals surface area contributed by atoms with Gasteiger partial charge in [0.15, 0.2) is 0 Å². The van der Waals surface area contributed by atoms with Crippen molar-refractivity contribution in [3.8, 4) is 11.4 Å². The molecule has 0 saturated heterocycles. The van der Waals surface area contributed by atoms with Crippen molar-refractivity contribution in [2.45, 2.75) is 12.5 Å². The van der Waals surface area contributed by atoms with E-state index in [0.717, 1.165) is 5.69 Å². The van der Waals surface area contributed by atoms with Gasteiger partial charge in [0, 0.05) is 12.0 Å². The van der Waals surface area contributed by atoms with Crippen LogP contribution in [0.25, 0.3) is 5.69 Å². The van der Waals surface area contributed by atoms with Crippen LogP contribution in [0.2, 0.25) is 0 Å². The Bertz CT molecular complexity index is 905. The molecular weight excluding hydrogens is 318 g/mol. The first-order valence-electron chi connectivity index (χ1n) is 8.08. The minimum absolute atomic E-state index is 0.293. The molecule has 1 aliphatic rings. The summed E-state index contributed by atoms with van der Waals surface area (Å²) in [4.78, 5) is 12.7. The molecule has 0 saturated carbocycles. The minimum atomic E-state index is -0.574. The van der Waals surface area contributed by atoms with E-state index in [9.17, 15) is 9.90 Å². The number of fused-ring (bicyclic) bond motifs is 1. The Labute approximate surface area is 144 Å². The molecule has 25 heavy (non-hydrogen) atoms. The highest BCUT2D eigenvalue weighted by molar-refractivity contribution is 6.04. The average Bonchev–Trinajstić information content (AvgIpc) is 3.13. The number of aliphatic hydroxyl groups is 1. The molecule has 0 unspecified atom stereocenters. The number of rotatable bonds is 3. The molecule has 3 aromatic rings. The van der Waals surface area contributed by atoms with Crippen molar-refractivity contribution < 1.29 is 14.6 Å². The van der Waals surface area contributed by atoms with E-state index in [1.807, 2.05) is 36.4 Å². The van der Waals surface area contributed by atoms with Crippen LogP contribution in [-0.4, -0.2) is 27.4 Å². The average molecular weight is 335 g/mol. The van der Waals surface area contributed by atoms with Crippen LogP contribution in [0.5, 0.6) is 5.75 Å². The number of aromatic nitrogens is 2. The SMILES string of the molecule is O=C(Nc1cccc2c1OCC[C@@H]2O)c1ccnn1-c1ccccc1. The van der Waals surface area contributed by atoms with Gasteiger partial charge in [-0.1, -0.05) is 30.3 Å². The minimum Gasteiger partial charge on any atom is -0.491 e. The van der Waals surface area contributed by atoms with E-state index < -0.39 is 6.10 Å². The molecule has 1 amide bonds. The van der Waals surface area contributed by atoms with E-state index in [1.165, 1.54) is 0 Å². The van der Waals surface area contributed by atoms with Crippen LogP contribution in [0.3, 0.4) is 0 Å². The Morgan fingerprint density at radius 1 is 1.16 bits per heavy atom. The van der Waals surface area contributed by atoms with E-state index in [1.54, 1.807) is 29.1 Å². The van der Waals surface area contributed by atoms with Gasteiger partial charge in [-0.25, -0.2) is 4.68 Å². The Balaban J connectivity index is 1.65. The van der Waals surface area contributed by atoms with Crippen molar-refractivity contribution in [2.24, 2.45) is 0 Å². The fraction of sp³-hybridized carbons (Fsp3) is 0.158. The second kappa shape index (κ2) is 6.41. The number of benzene rings is 2. The molecule has 1 aliphatic heterocycles. The highest BCUT2D eigenvalue weighted by Gasteiger charge is 2.23. The highest BCUT2D eigenvalue weighted by atomic mass is 16.5. The van der Waals surface area contributed by atoms with E-state index in [-0.39, 0.29) is 5.91 Å². The van der Waals surface area contributed by atoms with Gasteiger partial charge in [0.25, 0.3) is 5.91 Å². The van der Waals surface area contributed by atoms with Crippen LogP contribution in [0.15, 0.2) is 60.8 Å². The van der Waals surface area contributed by atoms with Crippen LogP contribution in [0.4, 0.5) is 5.69 Å². The van der Waals surface area contributed by atoms with Crippen LogP contribution >= 0.6 is 0 Å². The third-order valence-corrected chi connectivity index (χ3v) is 4.17. The van der Waals surface area contributed by atoms with Gasteiger partial charge in [-0.05, 0) is 24.3 Å². The zero-order valence-corrected chi connectivity index (χ0v) is 13.4. The lowest BCUT2D eigenvalue weighted by Crippen LogP contribution is -2.20. The largest absolute Gasteiger partial charge is 0.491 e. The van der Waals surface area contributed by atoms with Crippen LogP contribution < -0.4 is 10.1 Å². The molecule has 126 valence electrons. The van der Waals surface area contributed by atoms with Gasteiger partial charge in [0.1, 0.15) is 11.4 Å². The third-order valence-electron chi connectivity index (χ3n) is 4.17. The number of hydrogen-bond acceptors (Lipinski definition) is 4. The molecule has 0 radical (unpaired) electrons. The fourth-order valence-corrected chi connectivity index (χ4v) is 2.94. The maximum absolute atomic E-state index is 12.7. The van der Waals surface area contributed by atoms with Crippen molar-refractivity contribution in [1.29, 1.82) is 0 Å². The number of hydrogen-bond donors (Lipinski definition) is 2. The summed E-state index contributed by atoms with van der Waals surface area (Å²) in [6.45, 7) is 0.420. The number of carbonyl (C=O) groups excluding carboxylic acids is 1. The standard InChI is InChI=1S/C19H17N3O3/c23-17-10-12-25-18-14(17)7-4-8-15(18)21-19(24)16-9-11-20-22(16)13-5-2-1-3-6-13/h1-9,11,17,23H,10,12H2,(H,21,24)/t17-/m0/s1. The molecule has 0 fully saturated rings. The summed E-state index contributed by atoms with van der Waals surface area (Å²) in [6.07, 6.45) is 1.56. The van der Waals surface area contributed by atoms with Crippen molar-refractivity contribution in [2.75, 3.05) is 11.9 Å². The maximum atomic E-state index is 12.7. The van der Waals surface area contributed by atoms with Gasteiger partial charge < -0.3 is 15.2 Å². The fourth-order valence-electron chi connectivity index (χ4n) is 2.94. The van der Waals surface area contributed by atoms with Crippen molar-refractivity contribution in [3.05, 3.63) is 72.1 Å². The van der Waals surface area contributed by atoms with E-state index in [0.29, 0.717) is 35.7 Å². The number of para-hydroxylation sites is 2. The first-order valence-corrected chi connectivity index (χ1v) is 8.08. The second-order valence-electron chi connectivity index (χ2n) is 5.79. The number of anilines is 1. The number of nitrogens with one attached hydrogen (secondary N) is 1. The lowest BCUT2D eigenvalue weighted by Gasteiger charge is -2.24. The molecule has 6 heteroatoms. The molecule has 0 aliphatic carbocycles. The van der Waals surface area contributed by atoms with Gasteiger partial charge in [-0.15, -0.1) is 0 Å². The molecule has 0 bridgehead atoms. The summed E-state index contributed by atoms with van der Waals surface area (Å²) in [5, 5.41) is 17.2. The van der Waals surface area contributed by atoms with Gasteiger partial charge >= 0.3 is 0 Å². The number of nitrogens with zero attached hydrogens (tertiary/aromatic N) is 2. The molecule has 2 aromatic carbocycles. The lowest BCUT2D eigenvalue weighted by molar-refractivity contribution is 0.101. The summed E-state index contributed by atoms with van der Waals surface area (Å²) in [5.74, 6) is 0.235. The summed E-state index contributed by atoms with van der Waals surface area (Å²) >= 11 is 0. The van der Waals surface area contributed by atoms with Crippen LogP contribution in [0, 0.1) is 0 Å². The summed E-state index contributed by atoms with van der Waals surface area (Å²) < 4.78 is 7.24. The quantitative estimate of drug-likeness (QED) is 0.771. The first kappa shape index (κ1) is 15.4. The number of ether oxygens (including phenoxy) is 1. The molecule has 6 nitrogen and oxygen atoms in total. The van der Waals surface area contributed by atoms with E-state index in [4.69, 9.17) is 4.74 Å². The second-order valence-corrected chi connectivity index (χ2v) is 5.79. The van der Waals surface area contributed by atoms with Crippen molar-refractivity contribution in [1.82, 2.24) is 9.78 Å². The Hall–Kier alpha value is -3.12. The van der Waals surface area contributed by atoms with Gasteiger partial charge in [0.2, 0.25) is 0 Å². The molecule has 0 spiro atoms. The topological polar surface area (TPSA) is 76.4 Å². The van der Waals surface area contributed by atoms with Crippen LogP contribution in [-0.2, 0) is 0 Å². The molecule has 2 heterocycles. The monoisotopic (exact) mass is 335 g/mol. The zero-order valence-electron chi connectivity index (χ0n) is 13.4. The highest BCUT2D eigenvalue weighted by Crippen LogP contribution is 2.38. The van der Waals surface area contributed by atoms with E-state index >= 15 is 0 Å². The Morgan fingerprint density at radius 3 is 2.84 bits per heavy atom. The van der Waals surface area contributed by atoms with Gasteiger partial charge in [-0.3, -0.25) is 4.79 Å². The maximum Gasteiger partial charge on any atom is 0.274 e. The van der Waals surface area contributed by atoms with E-state index in [2.05, 4.69) is 10.4 Å². The predicted octanol–water partition coefficient (Wildman–Crippen LogP) is 2.94. The molecule has 4 rings (SSSR count). The van der Waals surface area contributed by atoms with Crippen molar-refractivity contribution in [3.63, 3.8) is 0 Å². The number of amides is 1. The Kier molecular flexibility index (Phi) is 3.95. The summed E-state index contributed by atoms with van der Waals surface area (Å²) in [6, 6.07) is 16.5. The molecule has 2 N–H and O–H groups in total. The third kappa shape index (κ3) is 2.88. The van der Waals surface area contributed by atoms with Crippen LogP contribution in [0.1, 0.15) is 28.6 Å².